The van der Waals surface area contributed by atoms with Crippen molar-refractivity contribution in [1.82, 2.24) is 0 Å². The fourth-order valence-electron chi connectivity index (χ4n) is 2.26. The van der Waals surface area contributed by atoms with Gasteiger partial charge in [0.05, 0.1) is 12.6 Å². The molecule has 0 aliphatic carbocycles. The lowest BCUT2D eigenvalue weighted by molar-refractivity contribution is -0.137. The van der Waals surface area contributed by atoms with Gasteiger partial charge in [0.2, 0.25) is 0 Å². The van der Waals surface area contributed by atoms with E-state index in [1.54, 1.807) is 11.0 Å². The van der Waals surface area contributed by atoms with Crippen LogP contribution >= 0.6 is 0 Å². The number of methoxy groups -OCH3 is 1. The Labute approximate surface area is 112 Å². The zero-order valence-electron chi connectivity index (χ0n) is 11.6. The van der Waals surface area contributed by atoms with Gasteiger partial charge in [-0.2, -0.15) is 0 Å². The number of benzene rings is 1. The van der Waals surface area contributed by atoms with E-state index < -0.39 is 11.5 Å². The molecule has 0 unspecified atom stereocenters. The Morgan fingerprint density at radius 2 is 1.79 bits per heavy atom. The van der Waals surface area contributed by atoms with Crippen molar-refractivity contribution in [1.29, 1.82) is 0 Å². The number of esters is 1. The van der Waals surface area contributed by atoms with Gasteiger partial charge in [0.15, 0.2) is 0 Å². The Bertz CT molecular complexity index is 555. The van der Waals surface area contributed by atoms with Crippen molar-refractivity contribution in [2.45, 2.75) is 26.3 Å². The maximum atomic E-state index is 12.4. The summed E-state index contributed by atoms with van der Waals surface area (Å²) < 4.78 is 4.65. The number of carbonyl (C=O) groups is 2. The molecule has 4 nitrogen and oxygen atoms in total. The van der Waals surface area contributed by atoms with Crippen LogP contribution in [0.2, 0.25) is 0 Å². The molecule has 100 valence electrons. The summed E-state index contributed by atoms with van der Waals surface area (Å²) in [6.07, 6.45) is 1.65. The standard InChI is InChI=1S/C15H17NO3/c1-10-5-7-11(8-6-10)16-13(17)12(14(18)19-4)9-15(16,2)3/h5-9H,1-4H3. The minimum absolute atomic E-state index is 0.0908. The van der Waals surface area contributed by atoms with E-state index in [2.05, 4.69) is 4.74 Å². The van der Waals surface area contributed by atoms with E-state index in [1.807, 2.05) is 45.0 Å². The lowest BCUT2D eigenvalue weighted by Crippen LogP contribution is -2.42. The average Bonchev–Trinajstić information content (AvgIpc) is 2.60. The predicted octanol–water partition coefficient (Wildman–Crippen LogP) is 2.22. The Morgan fingerprint density at radius 1 is 1.21 bits per heavy atom. The van der Waals surface area contributed by atoms with E-state index in [0.717, 1.165) is 11.3 Å². The molecule has 0 aromatic heterocycles. The van der Waals surface area contributed by atoms with Crippen LogP contribution in [0.25, 0.3) is 0 Å². The van der Waals surface area contributed by atoms with Gasteiger partial charge in [0.1, 0.15) is 5.57 Å². The van der Waals surface area contributed by atoms with Gasteiger partial charge in [-0.3, -0.25) is 9.69 Å². The van der Waals surface area contributed by atoms with Crippen molar-refractivity contribution in [2.24, 2.45) is 0 Å². The van der Waals surface area contributed by atoms with E-state index in [-0.39, 0.29) is 11.5 Å². The summed E-state index contributed by atoms with van der Waals surface area (Å²) in [6, 6.07) is 7.63. The Morgan fingerprint density at radius 3 is 2.32 bits per heavy atom. The Hall–Kier alpha value is -2.10. The number of aryl methyl sites for hydroxylation is 1. The van der Waals surface area contributed by atoms with Gasteiger partial charge in [-0.05, 0) is 39.0 Å². The lowest BCUT2D eigenvalue weighted by Gasteiger charge is -2.31. The molecule has 1 aromatic rings. The first-order valence-electron chi connectivity index (χ1n) is 6.09. The summed E-state index contributed by atoms with van der Waals surface area (Å²) in [7, 11) is 1.28. The Balaban J connectivity index is 2.41. The highest BCUT2D eigenvalue weighted by Crippen LogP contribution is 2.33. The molecule has 1 aliphatic rings. The molecule has 1 heterocycles. The summed E-state index contributed by atoms with van der Waals surface area (Å²) in [5, 5.41) is 0. The third-order valence-electron chi connectivity index (χ3n) is 3.20. The number of hydrogen-bond donors (Lipinski definition) is 0. The first-order valence-corrected chi connectivity index (χ1v) is 6.09. The van der Waals surface area contributed by atoms with Crippen LogP contribution in [0.1, 0.15) is 19.4 Å². The van der Waals surface area contributed by atoms with Gasteiger partial charge < -0.3 is 4.74 Å². The number of carbonyl (C=O) groups excluding carboxylic acids is 2. The normalized spacial score (nSPS) is 17.4. The van der Waals surface area contributed by atoms with Gasteiger partial charge in [-0.1, -0.05) is 17.7 Å². The Kier molecular flexibility index (Phi) is 3.18. The van der Waals surface area contributed by atoms with Crippen LogP contribution in [0.15, 0.2) is 35.9 Å². The minimum Gasteiger partial charge on any atom is -0.465 e. The van der Waals surface area contributed by atoms with E-state index in [0.29, 0.717) is 0 Å². The third-order valence-corrected chi connectivity index (χ3v) is 3.20. The summed E-state index contributed by atoms with van der Waals surface area (Å²) in [5.41, 5.74) is 1.44. The summed E-state index contributed by atoms with van der Waals surface area (Å²) in [6.45, 7) is 5.76. The summed E-state index contributed by atoms with van der Waals surface area (Å²) >= 11 is 0. The second-order valence-corrected chi connectivity index (χ2v) is 5.18. The molecule has 0 saturated carbocycles. The maximum absolute atomic E-state index is 12.4. The van der Waals surface area contributed by atoms with E-state index >= 15 is 0 Å². The van der Waals surface area contributed by atoms with Crippen LogP contribution in [0.3, 0.4) is 0 Å². The van der Waals surface area contributed by atoms with Crippen molar-refractivity contribution in [3.8, 4) is 0 Å². The molecule has 1 aromatic carbocycles. The topological polar surface area (TPSA) is 46.6 Å². The third kappa shape index (κ3) is 2.26. The number of nitrogens with zero attached hydrogens (tertiary/aromatic N) is 1. The molecule has 0 fully saturated rings. The van der Waals surface area contributed by atoms with Crippen LogP contribution in [-0.2, 0) is 14.3 Å². The number of rotatable bonds is 2. The highest BCUT2D eigenvalue weighted by molar-refractivity contribution is 6.25. The van der Waals surface area contributed by atoms with Gasteiger partial charge in [-0.25, -0.2) is 4.79 Å². The zero-order valence-corrected chi connectivity index (χ0v) is 11.6. The number of hydrogen-bond acceptors (Lipinski definition) is 3. The molecule has 1 amide bonds. The van der Waals surface area contributed by atoms with Crippen molar-refractivity contribution in [2.75, 3.05) is 12.0 Å². The molecule has 0 saturated heterocycles. The smallest absolute Gasteiger partial charge is 0.343 e. The van der Waals surface area contributed by atoms with Crippen LogP contribution in [0, 0.1) is 6.92 Å². The molecule has 0 N–H and O–H groups in total. The second kappa shape index (κ2) is 4.53. The van der Waals surface area contributed by atoms with Crippen molar-refractivity contribution < 1.29 is 14.3 Å². The second-order valence-electron chi connectivity index (χ2n) is 5.18. The zero-order chi connectivity index (χ0) is 14.2. The molecule has 19 heavy (non-hydrogen) atoms. The average molecular weight is 259 g/mol. The van der Waals surface area contributed by atoms with Gasteiger partial charge >= 0.3 is 5.97 Å². The number of ether oxygens (including phenoxy) is 1. The highest BCUT2D eigenvalue weighted by Gasteiger charge is 2.42. The predicted molar refractivity (Wildman–Crippen MR) is 72.8 cm³/mol. The molecular weight excluding hydrogens is 242 g/mol. The van der Waals surface area contributed by atoms with Crippen molar-refractivity contribution >= 4 is 17.6 Å². The molecule has 0 spiro atoms. The fourth-order valence-corrected chi connectivity index (χ4v) is 2.26. The monoisotopic (exact) mass is 259 g/mol. The molecule has 0 radical (unpaired) electrons. The number of anilines is 1. The number of amides is 1. The van der Waals surface area contributed by atoms with E-state index in [9.17, 15) is 9.59 Å². The summed E-state index contributed by atoms with van der Waals surface area (Å²) in [5.74, 6) is -0.909. The minimum atomic E-state index is -0.590. The molecule has 2 rings (SSSR count). The van der Waals surface area contributed by atoms with Crippen LogP contribution in [0.5, 0.6) is 0 Å². The van der Waals surface area contributed by atoms with E-state index in [4.69, 9.17) is 0 Å². The molecule has 1 aliphatic heterocycles. The lowest BCUT2D eigenvalue weighted by atomic mass is 10.0. The van der Waals surface area contributed by atoms with Gasteiger partial charge in [-0.15, -0.1) is 0 Å². The summed E-state index contributed by atoms with van der Waals surface area (Å²) in [4.78, 5) is 25.6. The molecule has 0 bridgehead atoms. The highest BCUT2D eigenvalue weighted by atomic mass is 16.5. The van der Waals surface area contributed by atoms with Gasteiger partial charge in [0, 0.05) is 5.69 Å². The molecule has 0 atom stereocenters. The van der Waals surface area contributed by atoms with E-state index in [1.165, 1.54) is 7.11 Å². The van der Waals surface area contributed by atoms with Crippen molar-refractivity contribution in [3.63, 3.8) is 0 Å². The van der Waals surface area contributed by atoms with Crippen LogP contribution in [0.4, 0.5) is 5.69 Å². The largest absolute Gasteiger partial charge is 0.465 e. The fraction of sp³-hybridized carbons (Fsp3) is 0.333. The molecule has 4 heteroatoms. The first kappa shape index (κ1) is 13.3. The van der Waals surface area contributed by atoms with Gasteiger partial charge in [0.25, 0.3) is 5.91 Å². The van der Waals surface area contributed by atoms with Crippen LogP contribution < -0.4 is 4.90 Å². The van der Waals surface area contributed by atoms with Crippen LogP contribution in [-0.4, -0.2) is 24.5 Å². The SMILES string of the molecule is COC(=O)C1=CC(C)(C)N(c2ccc(C)cc2)C1=O. The maximum Gasteiger partial charge on any atom is 0.343 e. The molecular formula is C15H17NO3. The first-order chi connectivity index (χ1) is 8.86. The quantitative estimate of drug-likeness (QED) is 0.604. The van der Waals surface area contributed by atoms with Crippen molar-refractivity contribution in [3.05, 3.63) is 41.5 Å².